The van der Waals surface area contributed by atoms with E-state index in [1.54, 1.807) is 0 Å². The van der Waals surface area contributed by atoms with Gasteiger partial charge in [-0.1, -0.05) is 54.4 Å². The molecular weight excluding hydrogens is 300 g/mol. The molecule has 126 valence electrons. The van der Waals surface area contributed by atoms with Gasteiger partial charge in [0.1, 0.15) is 0 Å². The molecule has 2 rings (SSSR count). The van der Waals surface area contributed by atoms with Gasteiger partial charge in [0, 0.05) is 12.1 Å². The lowest BCUT2D eigenvalue weighted by Gasteiger charge is -2.13. The Morgan fingerprint density at radius 2 is 1.58 bits per heavy atom. The summed E-state index contributed by atoms with van der Waals surface area (Å²) in [5.74, 6) is -0.186. The summed E-state index contributed by atoms with van der Waals surface area (Å²) in [7, 11) is 0. The Hall–Kier alpha value is -2.62. The van der Waals surface area contributed by atoms with Crippen LogP contribution < -0.4 is 10.6 Å². The molecule has 4 heteroatoms. The number of hydrogen-bond donors (Lipinski definition) is 2. The Morgan fingerprint density at radius 3 is 2.21 bits per heavy atom. The van der Waals surface area contributed by atoms with Crippen LogP contribution in [0.15, 0.2) is 48.5 Å². The maximum atomic E-state index is 12.1. The minimum atomic E-state index is -0.229. The first-order valence-corrected chi connectivity index (χ1v) is 8.14. The zero-order valence-corrected chi connectivity index (χ0v) is 14.4. The van der Waals surface area contributed by atoms with Crippen molar-refractivity contribution in [3.63, 3.8) is 0 Å². The number of rotatable bonds is 6. The quantitative estimate of drug-likeness (QED) is 0.858. The van der Waals surface area contributed by atoms with Crippen molar-refractivity contribution in [2.24, 2.45) is 0 Å². The molecule has 1 atom stereocenters. The molecule has 0 aliphatic heterocycles. The molecule has 0 radical (unpaired) electrons. The zero-order chi connectivity index (χ0) is 17.5. The highest BCUT2D eigenvalue weighted by molar-refractivity contribution is 5.96. The average molecular weight is 324 g/mol. The Balaban J connectivity index is 1.79. The molecule has 2 amide bonds. The van der Waals surface area contributed by atoms with Crippen LogP contribution in [0.4, 0.5) is 0 Å². The Kier molecular flexibility index (Phi) is 6.13. The third kappa shape index (κ3) is 5.23. The zero-order valence-electron chi connectivity index (χ0n) is 14.4. The number of hydrogen-bond acceptors (Lipinski definition) is 2. The van der Waals surface area contributed by atoms with Gasteiger partial charge < -0.3 is 10.6 Å². The third-order valence-electron chi connectivity index (χ3n) is 3.87. The average Bonchev–Trinajstić information content (AvgIpc) is 2.57. The minimum Gasteiger partial charge on any atom is -0.354 e. The highest BCUT2D eigenvalue weighted by Gasteiger charge is 2.10. The van der Waals surface area contributed by atoms with Crippen molar-refractivity contribution in [3.8, 4) is 0 Å². The van der Waals surface area contributed by atoms with Gasteiger partial charge in [0.05, 0.1) is 6.54 Å². The second-order valence-corrected chi connectivity index (χ2v) is 6.17. The lowest BCUT2D eigenvalue weighted by molar-refractivity contribution is -0.120. The second kappa shape index (κ2) is 8.29. The van der Waals surface area contributed by atoms with Crippen molar-refractivity contribution >= 4 is 11.8 Å². The second-order valence-electron chi connectivity index (χ2n) is 6.17. The van der Waals surface area contributed by atoms with Crippen molar-refractivity contribution in [3.05, 3.63) is 70.8 Å². The Morgan fingerprint density at radius 1 is 0.958 bits per heavy atom. The predicted octanol–water partition coefficient (Wildman–Crippen LogP) is 2.95. The smallest absolute Gasteiger partial charge is 0.251 e. The van der Waals surface area contributed by atoms with E-state index in [1.807, 2.05) is 62.4 Å². The normalized spacial score (nSPS) is 11.6. The van der Waals surface area contributed by atoms with E-state index in [0.717, 1.165) is 11.1 Å². The number of carbonyl (C=O) groups is 2. The summed E-state index contributed by atoms with van der Waals surface area (Å²) in [6, 6.07) is 15.7. The topological polar surface area (TPSA) is 58.2 Å². The maximum Gasteiger partial charge on any atom is 0.251 e. The number of benzene rings is 2. The van der Waals surface area contributed by atoms with Crippen molar-refractivity contribution in [2.45, 2.75) is 26.7 Å². The fraction of sp³-hybridized carbons (Fsp3) is 0.300. The monoisotopic (exact) mass is 324 g/mol. The molecule has 0 aromatic heterocycles. The lowest BCUT2D eigenvalue weighted by atomic mass is 10.0. The lowest BCUT2D eigenvalue weighted by Crippen LogP contribution is -2.38. The van der Waals surface area contributed by atoms with E-state index in [9.17, 15) is 9.59 Å². The summed E-state index contributed by atoms with van der Waals surface area (Å²) in [4.78, 5) is 24.0. The Labute approximate surface area is 143 Å². The van der Waals surface area contributed by atoms with Crippen LogP contribution in [-0.2, 0) is 4.79 Å². The van der Waals surface area contributed by atoms with Crippen LogP contribution in [0.1, 0.15) is 39.9 Å². The third-order valence-corrected chi connectivity index (χ3v) is 3.87. The standard InChI is InChI=1S/C20H24N2O2/c1-14-9-15(2)11-18(10-14)20(24)22-13-19(23)21-12-16(3)17-7-5-4-6-8-17/h4-11,16H,12-13H2,1-3H3,(H,21,23)(H,22,24). The van der Waals surface area contributed by atoms with Crippen LogP contribution in [0.2, 0.25) is 0 Å². The minimum absolute atomic E-state index is 0.0205. The van der Waals surface area contributed by atoms with E-state index >= 15 is 0 Å². The molecular formula is C20H24N2O2. The first-order valence-electron chi connectivity index (χ1n) is 8.14. The van der Waals surface area contributed by atoms with Crippen molar-refractivity contribution < 1.29 is 9.59 Å². The highest BCUT2D eigenvalue weighted by atomic mass is 16.2. The Bertz CT molecular complexity index is 691. The SMILES string of the molecule is Cc1cc(C)cc(C(=O)NCC(=O)NCC(C)c2ccccc2)c1. The van der Waals surface area contributed by atoms with E-state index in [-0.39, 0.29) is 24.3 Å². The molecule has 0 aliphatic carbocycles. The van der Waals surface area contributed by atoms with E-state index in [0.29, 0.717) is 12.1 Å². The van der Waals surface area contributed by atoms with Crippen LogP contribution in [0, 0.1) is 13.8 Å². The summed E-state index contributed by atoms with van der Waals surface area (Å²) in [5.41, 5.74) is 3.82. The summed E-state index contributed by atoms with van der Waals surface area (Å²) in [5, 5.41) is 5.52. The molecule has 0 saturated carbocycles. The first-order chi connectivity index (χ1) is 11.5. The van der Waals surface area contributed by atoms with Gasteiger partial charge in [-0.15, -0.1) is 0 Å². The van der Waals surface area contributed by atoms with Gasteiger partial charge in [0.15, 0.2) is 0 Å². The van der Waals surface area contributed by atoms with Crippen LogP contribution in [0.25, 0.3) is 0 Å². The summed E-state index contributed by atoms with van der Waals surface area (Å²) in [6.07, 6.45) is 0. The molecule has 0 saturated heterocycles. The van der Waals surface area contributed by atoms with Crippen LogP contribution >= 0.6 is 0 Å². The van der Waals surface area contributed by atoms with E-state index < -0.39 is 0 Å². The fourth-order valence-electron chi connectivity index (χ4n) is 2.60. The number of carbonyl (C=O) groups excluding carboxylic acids is 2. The van der Waals surface area contributed by atoms with E-state index in [4.69, 9.17) is 0 Å². The molecule has 2 aromatic rings. The number of nitrogens with one attached hydrogen (secondary N) is 2. The molecule has 0 fully saturated rings. The molecule has 4 nitrogen and oxygen atoms in total. The molecule has 0 aliphatic rings. The number of amides is 2. The van der Waals surface area contributed by atoms with Crippen LogP contribution in [0.5, 0.6) is 0 Å². The van der Waals surface area contributed by atoms with Gasteiger partial charge in [0.25, 0.3) is 5.91 Å². The molecule has 2 N–H and O–H groups in total. The highest BCUT2D eigenvalue weighted by Crippen LogP contribution is 2.12. The molecule has 0 heterocycles. The van der Waals surface area contributed by atoms with E-state index in [1.165, 1.54) is 5.56 Å². The summed E-state index contributed by atoms with van der Waals surface area (Å²) < 4.78 is 0. The largest absolute Gasteiger partial charge is 0.354 e. The molecule has 24 heavy (non-hydrogen) atoms. The van der Waals surface area contributed by atoms with E-state index in [2.05, 4.69) is 17.6 Å². The van der Waals surface area contributed by atoms with Crippen LogP contribution in [0.3, 0.4) is 0 Å². The molecule has 2 aromatic carbocycles. The predicted molar refractivity (Wildman–Crippen MR) is 96.1 cm³/mol. The van der Waals surface area contributed by atoms with Crippen LogP contribution in [-0.4, -0.2) is 24.9 Å². The van der Waals surface area contributed by atoms with Gasteiger partial charge in [-0.3, -0.25) is 9.59 Å². The van der Waals surface area contributed by atoms with Gasteiger partial charge >= 0.3 is 0 Å². The summed E-state index contributed by atoms with van der Waals surface area (Å²) >= 11 is 0. The van der Waals surface area contributed by atoms with Gasteiger partial charge in [-0.05, 0) is 37.5 Å². The molecule has 1 unspecified atom stereocenters. The molecule has 0 spiro atoms. The number of aryl methyl sites for hydroxylation is 2. The summed E-state index contributed by atoms with van der Waals surface area (Å²) in [6.45, 7) is 6.47. The van der Waals surface area contributed by atoms with Gasteiger partial charge in [-0.2, -0.15) is 0 Å². The van der Waals surface area contributed by atoms with Gasteiger partial charge in [0.2, 0.25) is 5.91 Å². The van der Waals surface area contributed by atoms with Crippen molar-refractivity contribution in [1.82, 2.24) is 10.6 Å². The maximum absolute atomic E-state index is 12.1. The molecule has 0 bridgehead atoms. The first kappa shape index (κ1) is 17.7. The fourth-order valence-corrected chi connectivity index (χ4v) is 2.60. The van der Waals surface area contributed by atoms with Gasteiger partial charge in [-0.25, -0.2) is 0 Å². The van der Waals surface area contributed by atoms with Crippen molar-refractivity contribution in [2.75, 3.05) is 13.1 Å². The van der Waals surface area contributed by atoms with Crippen molar-refractivity contribution in [1.29, 1.82) is 0 Å².